The van der Waals surface area contributed by atoms with Crippen LogP contribution >= 0.6 is 46.4 Å². The van der Waals surface area contributed by atoms with E-state index in [9.17, 15) is 38.7 Å². The highest BCUT2D eigenvalue weighted by atomic mass is 35.5. The number of carboxylic acids is 1. The summed E-state index contributed by atoms with van der Waals surface area (Å²) < 4.78 is 15.0. The molecule has 82 heavy (non-hydrogen) atoms. The first kappa shape index (κ1) is 63.9. The van der Waals surface area contributed by atoms with Gasteiger partial charge >= 0.3 is 24.0 Å². The van der Waals surface area contributed by atoms with Crippen LogP contribution in [0.1, 0.15) is 192 Å². The fraction of sp³-hybridized carbons (Fsp3) is 0.328. The van der Waals surface area contributed by atoms with E-state index in [2.05, 4.69) is 16.0 Å². The van der Waals surface area contributed by atoms with Gasteiger partial charge in [-0.05, 0) is 196 Å². The molecule has 3 unspecified atom stereocenters. The summed E-state index contributed by atoms with van der Waals surface area (Å²) in [6, 6.07) is 36.4. The Morgan fingerprint density at radius 3 is 1.15 bits per heavy atom. The summed E-state index contributed by atoms with van der Waals surface area (Å²) in [6.45, 7) is 5.51. The Kier molecular flexibility index (Phi) is 24.0. The Hall–Kier alpha value is -7.23. The number of esters is 2. The molecule has 18 heteroatoms. The number of benzene rings is 6. The standard InChI is InChI=1S/C20H20ClNO3.C19H18ClNO3.C18H25NO4.C7H4Cl2O/c1-25-20(24)14-11-10-13-6-2-5-9-18(16(13)12-14)22-19(23)15-7-3-4-8-17(15)21;20-16-7-3-2-6-14(16)18(22)21-17-8-4-1-5-12-9-10-13(19(23)24)11-15(12)17;1-18(2,3)23-17(21)19-15-8-6-5-7-12-9-10-13(11-14(12)15)16(20)22-4;8-6-4-2-1-3-5(6)7(9)10/h3-4,7-8,10-12,18H,2,5-6,9H2,1H3,(H,22,23);2-3,6-7,9-11,17H,1,4-5,8H2,(H,21,22)(H,23,24);9-11,15H,5-8H2,1-4H3,(H,19,21);1-4H. The summed E-state index contributed by atoms with van der Waals surface area (Å²) >= 11 is 23.0. The summed E-state index contributed by atoms with van der Waals surface area (Å²) in [7, 11) is 2.73. The number of aryl methyl sites for hydroxylation is 3. The van der Waals surface area contributed by atoms with E-state index >= 15 is 0 Å². The van der Waals surface area contributed by atoms with Crippen molar-refractivity contribution in [1.29, 1.82) is 0 Å². The lowest BCUT2D eigenvalue weighted by Crippen LogP contribution is -2.35. The van der Waals surface area contributed by atoms with Gasteiger partial charge < -0.3 is 35.3 Å². The quantitative estimate of drug-likeness (QED) is 0.0464. The molecule has 14 nitrogen and oxygen atoms in total. The van der Waals surface area contributed by atoms with Crippen LogP contribution in [0.25, 0.3) is 0 Å². The van der Waals surface area contributed by atoms with Crippen molar-refractivity contribution in [1.82, 2.24) is 16.0 Å². The number of aromatic carboxylic acids is 1. The molecular weight excluding hydrogens is 1130 g/mol. The van der Waals surface area contributed by atoms with E-state index in [1.165, 1.54) is 14.2 Å². The Labute approximate surface area is 498 Å². The van der Waals surface area contributed by atoms with Gasteiger partial charge in [-0.3, -0.25) is 14.4 Å². The summed E-state index contributed by atoms with van der Waals surface area (Å²) in [4.78, 5) is 82.7. The molecule has 0 saturated heterocycles. The molecule has 0 radical (unpaired) electrons. The van der Waals surface area contributed by atoms with Crippen LogP contribution in [-0.2, 0) is 33.5 Å². The van der Waals surface area contributed by atoms with Crippen LogP contribution in [0.4, 0.5) is 4.79 Å². The van der Waals surface area contributed by atoms with Gasteiger partial charge in [0, 0.05) is 0 Å². The highest BCUT2D eigenvalue weighted by Gasteiger charge is 2.27. The van der Waals surface area contributed by atoms with Crippen molar-refractivity contribution in [3.05, 3.63) is 209 Å². The number of amides is 3. The van der Waals surface area contributed by atoms with Gasteiger partial charge in [-0.15, -0.1) is 0 Å². The maximum atomic E-state index is 12.6. The summed E-state index contributed by atoms with van der Waals surface area (Å²) in [5.41, 5.74) is 8.24. The molecule has 0 saturated carbocycles. The van der Waals surface area contributed by atoms with E-state index in [0.717, 1.165) is 110 Å². The molecule has 3 atom stereocenters. The first-order chi connectivity index (χ1) is 39.2. The Balaban J connectivity index is 0.000000182. The number of carbonyl (C=O) groups excluding carboxylic acids is 6. The van der Waals surface area contributed by atoms with Crippen molar-refractivity contribution in [2.75, 3.05) is 14.2 Å². The molecule has 0 bridgehead atoms. The van der Waals surface area contributed by atoms with Crippen molar-refractivity contribution >= 4 is 87.5 Å². The zero-order valence-electron chi connectivity index (χ0n) is 46.4. The molecule has 3 amide bonds. The van der Waals surface area contributed by atoms with Gasteiger partial charge in [0.15, 0.2) is 0 Å². The molecule has 0 heterocycles. The van der Waals surface area contributed by atoms with Crippen molar-refractivity contribution in [2.45, 2.75) is 122 Å². The number of carboxylic acid groups (broad SMARTS) is 1. The number of fused-ring (bicyclic) bond motifs is 3. The van der Waals surface area contributed by atoms with Gasteiger partial charge in [0.25, 0.3) is 17.1 Å². The van der Waals surface area contributed by atoms with E-state index in [1.54, 1.807) is 97.1 Å². The number of nitrogens with one attached hydrogen (secondary N) is 3. The number of carbonyl (C=O) groups is 7. The minimum atomic E-state index is -0.960. The second-order valence-corrected chi connectivity index (χ2v) is 22.3. The molecule has 432 valence electrons. The van der Waals surface area contributed by atoms with Crippen LogP contribution < -0.4 is 16.0 Å². The molecule has 0 spiro atoms. The molecule has 3 aliphatic rings. The first-order valence-corrected chi connectivity index (χ1v) is 28.5. The van der Waals surface area contributed by atoms with Crippen molar-refractivity contribution in [2.24, 2.45) is 0 Å². The molecule has 6 aromatic rings. The monoisotopic (exact) mass is 1190 g/mol. The second-order valence-electron chi connectivity index (χ2n) is 20.7. The average molecular weight is 1200 g/mol. The predicted octanol–water partition coefficient (Wildman–Crippen LogP) is 15.0. The van der Waals surface area contributed by atoms with Gasteiger partial charge in [0.2, 0.25) is 0 Å². The normalized spacial score (nSPS) is 16.0. The van der Waals surface area contributed by atoms with Gasteiger partial charge in [0.1, 0.15) is 5.60 Å². The molecule has 4 N–H and O–H groups in total. The lowest BCUT2D eigenvalue weighted by molar-refractivity contribution is 0.0498. The summed E-state index contributed by atoms with van der Waals surface area (Å²) in [6.07, 6.45) is 10.9. The van der Waals surface area contributed by atoms with Gasteiger partial charge in [0.05, 0.1) is 80.8 Å². The zero-order chi connectivity index (χ0) is 59.5. The van der Waals surface area contributed by atoms with Crippen LogP contribution in [0.3, 0.4) is 0 Å². The van der Waals surface area contributed by atoms with Crippen molar-refractivity contribution < 1.29 is 52.9 Å². The van der Waals surface area contributed by atoms with Gasteiger partial charge in [-0.2, -0.15) is 0 Å². The van der Waals surface area contributed by atoms with Crippen LogP contribution in [0.15, 0.2) is 127 Å². The predicted molar refractivity (Wildman–Crippen MR) is 319 cm³/mol. The highest BCUT2D eigenvalue weighted by Crippen LogP contribution is 2.34. The molecule has 6 aromatic carbocycles. The highest BCUT2D eigenvalue weighted by molar-refractivity contribution is 6.68. The largest absolute Gasteiger partial charge is 0.478 e. The number of hydrogen-bond acceptors (Lipinski definition) is 10. The molecular formula is C64H67Cl4N3O11. The zero-order valence-corrected chi connectivity index (χ0v) is 49.4. The van der Waals surface area contributed by atoms with E-state index < -0.39 is 22.9 Å². The van der Waals surface area contributed by atoms with E-state index in [0.29, 0.717) is 42.9 Å². The van der Waals surface area contributed by atoms with Crippen LogP contribution in [0.2, 0.25) is 15.1 Å². The number of rotatable bonds is 9. The third kappa shape index (κ3) is 18.4. The minimum Gasteiger partial charge on any atom is -0.478 e. The smallest absolute Gasteiger partial charge is 0.408 e. The third-order valence-corrected chi connectivity index (χ3v) is 15.0. The maximum absolute atomic E-state index is 12.6. The van der Waals surface area contributed by atoms with Crippen molar-refractivity contribution in [3.8, 4) is 0 Å². The van der Waals surface area contributed by atoms with Crippen LogP contribution in [0.5, 0.6) is 0 Å². The first-order valence-electron chi connectivity index (χ1n) is 27.0. The summed E-state index contributed by atoms with van der Waals surface area (Å²) in [5.74, 6) is -2.14. The van der Waals surface area contributed by atoms with Crippen LogP contribution in [0, 0.1) is 0 Å². The molecule has 0 aromatic heterocycles. The fourth-order valence-electron chi connectivity index (χ4n) is 9.80. The number of hydrogen-bond donors (Lipinski definition) is 4. The average Bonchev–Trinajstić information content (AvgIpc) is 3.88. The number of methoxy groups -OCH3 is 2. The Bertz CT molecular complexity index is 3270. The maximum Gasteiger partial charge on any atom is 0.408 e. The number of alkyl carbamates (subject to hydrolysis) is 1. The van der Waals surface area contributed by atoms with E-state index in [4.69, 9.17) is 60.6 Å². The van der Waals surface area contributed by atoms with E-state index in [-0.39, 0.29) is 47.4 Å². The van der Waals surface area contributed by atoms with E-state index in [1.807, 2.05) is 51.1 Å². The fourth-order valence-corrected chi connectivity index (χ4v) is 10.7. The summed E-state index contributed by atoms with van der Waals surface area (Å²) in [5, 5.41) is 19.0. The lowest BCUT2D eigenvalue weighted by Gasteiger charge is -2.24. The Morgan fingerprint density at radius 1 is 0.476 bits per heavy atom. The second kappa shape index (κ2) is 30.7. The van der Waals surface area contributed by atoms with Gasteiger partial charge in [-0.25, -0.2) is 19.2 Å². The lowest BCUT2D eigenvalue weighted by atomic mass is 9.96. The number of ether oxygens (including phenoxy) is 3. The molecule has 0 aliphatic heterocycles. The van der Waals surface area contributed by atoms with Crippen molar-refractivity contribution in [3.63, 3.8) is 0 Å². The van der Waals surface area contributed by atoms with Crippen LogP contribution in [-0.4, -0.2) is 66.0 Å². The third-order valence-electron chi connectivity index (χ3n) is 13.8. The minimum absolute atomic E-state index is 0.146. The van der Waals surface area contributed by atoms with Gasteiger partial charge in [-0.1, -0.05) is 109 Å². The Morgan fingerprint density at radius 2 is 0.817 bits per heavy atom. The molecule has 9 rings (SSSR count). The molecule has 0 fully saturated rings. The SMILES string of the molecule is COC(=O)c1ccc2c(c1)C(NC(=O)OC(C)(C)C)CCCC2.COC(=O)c1ccc2c(c1)C(NC(=O)c1ccccc1Cl)CCCC2.O=C(Cl)c1ccccc1Cl.O=C(O)c1ccc2c(c1)C(NC(=O)c1ccccc1Cl)CCCC2. The molecule has 3 aliphatic carbocycles. The number of halogens is 4. The topological polar surface area (TPSA) is 203 Å².